The molecule has 0 saturated heterocycles. The predicted molar refractivity (Wildman–Crippen MR) is 55.6 cm³/mol. The molecule has 0 aliphatic heterocycles. The van der Waals surface area contributed by atoms with E-state index in [1.165, 1.54) is 11.3 Å². The van der Waals surface area contributed by atoms with Crippen LogP contribution >= 0.6 is 28.3 Å². The third-order valence-electron chi connectivity index (χ3n) is 1.66. The molecule has 0 saturated carbocycles. The van der Waals surface area contributed by atoms with E-state index in [1.807, 2.05) is 5.38 Å². The number of aromatic nitrogens is 1. The highest BCUT2D eigenvalue weighted by molar-refractivity contribution is 8.93. The summed E-state index contributed by atoms with van der Waals surface area (Å²) in [5.41, 5.74) is 6.61. The van der Waals surface area contributed by atoms with Gasteiger partial charge in [-0.3, -0.25) is 0 Å². The fourth-order valence-electron chi connectivity index (χ4n) is 0.736. The van der Waals surface area contributed by atoms with Gasteiger partial charge in [-0.25, -0.2) is 4.98 Å². The number of nitrogens with two attached hydrogens (primary N) is 1. The first kappa shape index (κ1) is 10.9. The SMILES string of the molecule is Br.CCC(C)c1csc(N)n1. The highest BCUT2D eigenvalue weighted by Gasteiger charge is 2.05. The highest BCUT2D eigenvalue weighted by atomic mass is 79.9. The zero-order valence-electron chi connectivity index (χ0n) is 6.70. The Morgan fingerprint density at radius 3 is 2.73 bits per heavy atom. The standard InChI is InChI=1S/C7H12N2S.BrH/c1-3-5(2)6-4-10-7(8)9-6;/h4-5H,3H2,1-2H3,(H2,8,9);1H. The van der Waals surface area contributed by atoms with Crippen molar-refractivity contribution in [2.45, 2.75) is 26.2 Å². The fourth-order valence-corrected chi connectivity index (χ4v) is 1.42. The molecule has 0 amide bonds. The largest absolute Gasteiger partial charge is 0.375 e. The van der Waals surface area contributed by atoms with Crippen LogP contribution in [0.15, 0.2) is 5.38 Å². The second-order valence-electron chi connectivity index (χ2n) is 2.42. The van der Waals surface area contributed by atoms with Gasteiger partial charge in [0.15, 0.2) is 5.13 Å². The lowest BCUT2D eigenvalue weighted by Gasteiger charge is -2.01. The van der Waals surface area contributed by atoms with E-state index in [4.69, 9.17) is 5.73 Å². The molecule has 0 fully saturated rings. The van der Waals surface area contributed by atoms with E-state index in [2.05, 4.69) is 18.8 Å². The first-order chi connectivity index (χ1) is 4.74. The van der Waals surface area contributed by atoms with E-state index in [9.17, 15) is 0 Å². The molecular weight excluding hydrogens is 224 g/mol. The van der Waals surface area contributed by atoms with Crippen molar-refractivity contribution < 1.29 is 0 Å². The smallest absolute Gasteiger partial charge is 0.180 e. The van der Waals surface area contributed by atoms with Gasteiger partial charge >= 0.3 is 0 Å². The van der Waals surface area contributed by atoms with Gasteiger partial charge in [0.05, 0.1) is 5.69 Å². The summed E-state index contributed by atoms with van der Waals surface area (Å²) in [5, 5.41) is 2.71. The van der Waals surface area contributed by atoms with Gasteiger partial charge in [0.2, 0.25) is 0 Å². The van der Waals surface area contributed by atoms with Crippen molar-refractivity contribution >= 4 is 33.4 Å². The minimum absolute atomic E-state index is 0. The summed E-state index contributed by atoms with van der Waals surface area (Å²) in [4.78, 5) is 4.18. The van der Waals surface area contributed by atoms with Crippen LogP contribution in [0.2, 0.25) is 0 Å². The van der Waals surface area contributed by atoms with Gasteiger partial charge in [0.25, 0.3) is 0 Å². The molecule has 0 aromatic carbocycles. The fraction of sp³-hybridized carbons (Fsp3) is 0.571. The maximum Gasteiger partial charge on any atom is 0.180 e. The van der Waals surface area contributed by atoms with Crippen molar-refractivity contribution in [1.29, 1.82) is 0 Å². The van der Waals surface area contributed by atoms with Crippen molar-refractivity contribution in [3.05, 3.63) is 11.1 Å². The monoisotopic (exact) mass is 236 g/mol. The molecule has 2 nitrogen and oxygen atoms in total. The molecule has 1 aromatic rings. The van der Waals surface area contributed by atoms with Gasteiger partial charge in [-0.05, 0) is 12.3 Å². The molecule has 1 unspecified atom stereocenters. The third kappa shape index (κ3) is 2.79. The molecule has 0 bridgehead atoms. The summed E-state index contributed by atoms with van der Waals surface area (Å²) >= 11 is 1.51. The van der Waals surface area contributed by atoms with Crippen LogP contribution < -0.4 is 5.73 Å². The number of hydrogen-bond donors (Lipinski definition) is 1. The van der Waals surface area contributed by atoms with Crippen LogP contribution in [0.1, 0.15) is 31.9 Å². The van der Waals surface area contributed by atoms with E-state index in [0.29, 0.717) is 11.0 Å². The molecule has 0 spiro atoms. The van der Waals surface area contributed by atoms with E-state index < -0.39 is 0 Å². The maximum absolute atomic E-state index is 5.48. The number of nitrogen functional groups attached to an aromatic ring is 1. The van der Waals surface area contributed by atoms with Crippen LogP contribution in [0.5, 0.6) is 0 Å². The van der Waals surface area contributed by atoms with Crippen molar-refractivity contribution in [2.24, 2.45) is 0 Å². The van der Waals surface area contributed by atoms with Crippen molar-refractivity contribution in [3.63, 3.8) is 0 Å². The Morgan fingerprint density at radius 1 is 1.73 bits per heavy atom. The van der Waals surface area contributed by atoms with E-state index in [-0.39, 0.29) is 17.0 Å². The second kappa shape index (κ2) is 4.72. The molecule has 4 heteroatoms. The Bertz CT molecular complexity index is 212. The van der Waals surface area contributed by atoms with Crippen LogP contribution in [0.4, 0.5) is 5.13 Å². The third-order valence-corrected chi connectivity index (χ3v) is 2.35. The molecule has 1 atom stereocenters. The Kier molecular flexibility index (Phi) is 4.68. The first-order valence-corrected chi connectivity index (χ1v) is 4.33. The Balaban J connectivity index is 0.000001000. The zero-order valence-corrected chi connectivity index (χ0v) is 9.23. The number of anilines is 1. The second-order valence-corrected chi connectivity index (χ2v) is 3.31. The van der Waals surface area contributed by atoms with Crippen molar-refractivity contribution in [3.8, 4) is 0 Å². The van der Waals surface area contributed by atoms with E-state index in [1.54, 1.807) is 0 Å². The minimum atomic E-state index is 0. The number of hydrogen-bond acceptors (Lipinski definition) is 3. The average molecular weight is 237 g/mol. The van der Waals surface area contributed by atoms with Crippen LogP contribution in [0.3, 0.4) is 0 Å². The molecule has 2 N–H and O–H groups in total. The predicted octanol–water partition coefficient (Wildman–Crippen LogP) is 2.82. The van der Waals surface area contributed by atoms with Crippen LogP contribution in [0.25, 0.3) is 0 Å². The average Bonchev–Trinajstić information content (AvgIpc) is 2.34. The first-order valence-electron chi connectivity index (χ1n) is 3.45. The number of rotatable bonds is 2. The molecule has 0 aliphatic carbocycles. The van der Waals surface area contributed by atoms with Crippen LogP contribution in [-0.4, -0.2) is 4.98 Å². The molecule has 11 heavy (non-hydrogen) atoms. The lowest BCUT2D eigenvalue weighted by molar-refractivity contribution is 0.714. The Labute approximate surface area is 81.6 Å². The summed E-state index contributed by atoms with van der Waals surface area (Å²) in [6.07, 6.45) is 1.13. The molecule has 1 rings (SSSR count). The Morgan fingerprint density at radius 2 is 2.36 bits per heavy atom. The van der Waals surface area contributed by atoms with Gasteiger partial charge in [-0.15, -0.1) is 28.3 Å². The van der Waals surface area contributed by atoms with Gasteiger partial charge in [-0.1, -0.05) is 13.8 Å². The summed E-state index contributed by atoms with van der Waals surface area (Å²) in [6, 6.07) is 0. The normalized spacial score (nSPS) is 12.2. The lowest BCUT2D eigenvalue weighted by Crippen LogP contribution is -1.91. The molecular formula is C7H13BrN2S. The van der Waals surface area contributed by atoms with Crippen molar-refractivity contribution in [1.82, 2.24) is 4.98 Å². The van der Waals surface area contributed by atoms with Gasteiger partial charge in [0.1, 0.15) is 0 Å². The van der Waals surface area contributed by atoms with Gasteiger partial charge in [0, 0.05) is 5.38 Å². The van der Waals surface area contributed by atoms with E-state index >= 15 is 0 Å². The molecule has 64 valence electrons. The molecule has 1 aromatic heterocycles. The summed E-state index contributed by atoms with van der Waals surface area (Å²) in [6.45, 7) is 4.31. The molecule has 0 radical (unpaired) electrons. The Hall–Kier alpha value is -0.0900. The summed E-state index contributed by atoms with van der Waals surface area (Å²) in [5.74, 6) is 0.550. The van der Waals surface area contributed by atoms with E-state index in [0.717, 1.165) is 12.1 Å². The zero-order chi connectivity index (χ0) is 7.56. The minimum Gasteiger partial charge on any atom is -0.375 e. The summed E-state index contributed by atoms with van der Waals surface area (Å²) in [7, 11) is 0. The lowest BCUT2D eigenvalue weighted by atomic mass is 10.1. The quantitative estimate of drug-likeness (QED) is 0.858. The summed E-state index contributed by atoms with van der Waals surface area (Å²) < 4.78 is 0. The van der Waals surface area contributed by atoms with Crippen LogP contribution in [-0.2, 0) is 0 Å². The van der Waals surface area contributed by atoms with Gasteiger partial charge < -0.3 is 5.73 Å². The van der Waals surface area contributed by atoms with Crippen molar-refractivity contribution in [2.75, 3.05) is 5.73 Å². The molecule has 1 heterocycles. The maximum atomic E-state index is 5.48. The van der Waals surface area contributed by atoms with Crippen LogP contribution in [0, 0.1) is 0 Å². The highest BCUT2D eigenvalue weighted by Crippen LogP contribution is 2.21. The topological polar surface area (TPSA) is 38.9 Å². The van der Waals surface area contributed by atoms with Gasteiger partial charge in [-0.2, -0.15) is 0 Å². The number of halogens is 1. The molecule has 0 aliphatic rings. The number of thiazole rings is 1. The number of nitrogens with zero attached hydrogens (tertiary/aromatic N) is 1.